The van der Waals surface area contributed by atoms with E-state index in [1.54, 1.807) is 24.3 Å². The Morgan fingerprint density at radius 3 is 2.46 bits per heavy atom. The van der Waals surface area contributed by atoms with E-state index < -0.39 is 6.04 Å². The van der Waals surface area contributed by atoms with Crippen molar-refractivity contribution in [2.24, 2.45) is 0 Å². The second kappa shape index (κ2) is 7.97. The molecule has 0 radical (unpaired) electrons. The lowest BCUT2D eigenvalue weighted by Crippen LogP contribution is -2.31. The van der Waals surface area contributed by atoms with Crippen molar-refractivity contribution in [2.75, 3.05) is 5.32 Å². The SMILES string of the molecule is O=C(C[C@H](NC(=O)c1ccccc1)c1ccccc1)Nc1nn2cnnc2s1. The van der Waals surface area contributed by atoms with Crippen molar-refractivity contribution in [1.29, 1.82) is 0 Å². The number of amides is 2. The van der Waals surface area contributed by atoms with Crippen LogP contribution in [-0.2, 0) is 4.79 Å². The van der Waals surface area contributed by atoms with Crippen molar-refractivity contribution in [3.8, 4) is 0 Å². The highest BCUT2D eigenvalue weighted by Crippen LogP contribution is 2.21. The Labute approximate surface area is 164 Å². The van der Waals surface area contributed by atoms with Gasteiger partial charge < -0.3 is 10.6 Å². The topological polar surface area (TPSA) is 101 Å². The van der Waals surface area contributed by atoms with Gasteiger partial charge in [-0.2, -0.15) is 4.52 Å². The monoisotopic (exact) mass is 392 g/mol. The highest BCUT2D eigenvalue weighted by Gasteiger charge is 2.20. The number of rotatable bonds is 6. The van der Waals surface area contributed by atoms with Gasteiger partial charge in [-0.1, -0.05) is 59.9 Å². The van der Waals surface area contributed by atoms with Gasteiger partial charge in [0.1, 0.15) is 6.33 Å². The van der Waals surface area contributed by atoms with Gasteiger partial charge >= 0.3 is 0 Å². The number of fused-ring (bicyclic) bond motifs is 1. The number of hydrogen-bond acceptors (Lipinski definition) is 6. The Hall–Kier alpha value is -3.59. The van der Waals surface area contributed by atoms with Crippen molar-refractivity contribution in [3.05, 3.63) is 78.1 Å². The molecule has 0 aliphatic rings. The number of aromatic nitrogens is 4. The quantitative estimate of drug-likeness (QED) is 0.525. The van der Waals surface area contributed by atoms with Crippen LogP contribution in [0.1, 0.15) is 28.4 Å². The second-order valence-corrected chi connectivity index (χ2v) is 6.98. The third-order valence-corrected chi connectivity index (χ3v) is 4.89. The van der Waals surface area contributed by atoms with E-state index in [1.165, 1.54) is 22.2 Å². The zero-order valence-corrected chi connectivity index (χ0v) is 15.5. The summed E-state index contributed by atoms with van der Waals surface area (Å²) in [5.41, 5.74) is 1.39. The second-order valence-electron chi connectivity index (χ2n) is 6.02. The van der Waals surface area contributed by atoms with E-state index in [0.29, 0.717) is 15.7 Å². The van der Waals surface area contributed by atoms with E-state index in [-0.39, 0.29) is 18.2 Å². The summed E-state index contributed by atoms with van der Waals surface area (Å²) < 4.78 is 1.49. The minimum atomic E-state index is -0.473. The molecule has 0 aliphatic heterocycles. The van der Waals surface area contributed by atoms with Gasteiger partial charge in [0.15, 0.2) is 0 Å². The molecule has 2 aromatic carbocycles. The first-order valence-electron chi connectivity index (χ1n) is 8.56. The van der Waals surface area contributed by atoms with Crippen molar-refractivity contribution in [1.82, 2.24) is 25.1 Å². The van der Waals surface area contributed by atoms with Gasteiger partial charge in [0.25, 0.3) is 5.91 Å². The predicted molar refractivity (Wildman–Crippen MR) is 105 cm³/mol. The van der Waals surface area contributed by atoms with Gasteiger partial charge in [0, 0.05) is 5.56 Å². The molecule has 9 heteroatoms. The zero-order chi connectivity index (χ0) is 19.3. The molecule has 8 nitrogen and oxygen atoms in total. The lowest BCUT2D eigenvalue weighted by molar-refractivity contribution is -0.116. The molecule has 28 heavy (non-hydrogen) atoms. The molecule has 2 aromatic heterocycles. The molecule has 0 saturated heterocycles. The molecule has 0 saturated carbocycles. The van der Waals surface area contributed by atoms with Gasteiger partial charge in [0.2, 0.25) is 16.0 Å². The van der Waals surface area contributed by atoms with E-state index in [2.05, 4.69) is 25.9 Å². The average molecular weight is 392 g/mol. The van der Waals surface area contributed by atoms with Crippen LogP contribution in [-0.4, -0.2) is 31.6 Å². The van der Waals surface area contributed by atoms with Crippen LogP contribution in [0.5, 0.6) is 0 Å². The number of carbonyl (C=O) groups excluding carboxylic acids is 2. The Morgan fingerprint density at radius 2 is 1.75 bits per heavy atom. The highest BCUT2D eigenvalue weighted by molar-refractivity contribution is 7.20. The molecule has 0 fully saturated rings. The third kappa shape index (κ3) is 4.04. The Balaban J connectivity index is 1.49. The van der Waals surface area contributed by atoms with Crippen LogP contribution < -0.4 is 10.6 Å². The normalized spacial score (nSPS) is 11.9. The van der Waals surface area contributed by atoms with Crippen LogP contribution in [0.2, 0.25) is 0 Å². The first kappa shape index (κ1) is 17.8. The molecule has 2 amide bonds. The number of hydrogen-bond donors (Lipinski definition) is 2. The average Bonchev–Trinajstić information content (AvgIpc) is 3.30. The van der Waals surface area contributed by atoms with Gasteiger partial charge in [-0.25, -0.2) is 0 Å². The Morgan fingerprint density at radius 1 is 1.04 bits per heavy atom. The molecule has 0 bridgehead atoms. The number of carbonyl (C=O) groups is 2. The number of benzene rings is 2. The van der Waals surface area contributed by atoms with Crippen molar-refractivity contribution in [3.63, 3.8) is 0 Å². The summed E-state index contributed by atoms with van der Waals surface area (Å²) >= 11 is 1.22. The molecule has 2 N–H and O–H groups in total. The molecular weight excluding hydrogens is 376 g/mol. The van der Waals surface area contributed by atoms with Crippen molar-refractivity contribution in [2.45, 2.75) is 12.5 Å². The fourth-order valence-corrected chi connectivity index (χ4v) is 3.47. The molecule has 2 heterocycles. The maximum atomic E-state index is 12.6. The summed E-state index contributed by atoms with van der Waals surface area (Å²) in [6, 6.07) is 17.8. The fraction of sp³-hybridized carbons (Fsp3) is 0.105. The molecule has 1 atom stereocenters. The number of anilines is 1. The van der Waals surface area contributed by atoms with E-state index in [9.17, 15) is 9.59 Å². The summed E-state index contributed by atoms with van der Waals surface area (Å²) in [6.45, 7) is 0. The maximum Gasteiger partial charge on any atom is 0.251 e. The minimum absolute atomic E-state index is 0.0722. The van der Waals surface area contributed by atoms with Gasteiger partial charge in [-0.3, -0.25) is 9.59 Å². The summed E-state index contributed by atoms with van der Waals surface area (Å²) in [7, 11) is 0. The highest BCUT2D eigenvalue weighted by atomic mass is 32.1. The third-order valence-electron chi connectivity index (χ3n) is 4.07. The fourth-order valence-electron chi connectivity index (χ4n) is 2.73. The van der Waals surface area contributed by atoms with E-state index >= 15 is 0 Å². The van der Waals surface area contributed by atoms with Crippen molar-refractivity contribution >= 4 is 33.2 Å². The Bertz CT molecular complexity index is 1060. The Kier molecular flexibility index (Phi) is 5.07. The molecule has 0 aliphatic carbocycles. The molecular formula is C19H16N6O2S. The maximum absolute atomic E-state index is 12.6. The number of nitrogens with one attached hydrogen (secondary N) is 2. The largest absolute Gasteiger partial charge is 0.345 e. The summed E-state index contributed by atoms with van der Waals surface area (Å²) in [4.78, 5) is 25.7. The van der Waals surface area contributed by atoms with Crippen LogP contribution >= 0.6 is 11.3 Å². The zero-order valence-electron chi connectivity index (χ0n) is 14.6. The minimum Gasteiger partial charge on any atom is -0.345 e. The molecule has 0 unspecified atom stereocenters. The van der Waals surface area contributed by atoms with E-state index in [1.807, 2.05) is 36.4 Å². The summed E-state index contributed by atoms with van der Waals surface area (Å²) in [5.74, 6) is -0.492. The first-order valence-corrected chi connectivity index (χ1v) is 9.38. The van der Waals surface area contributed by atoms with Gasteiger partial charge in [-0.15, -0.1) is 15.3 Å². The van der Waals surface area contributed by atoms with E-state index in [0.717, 1.165) is 5.56 Å². The van der Waals surface area contributed by atoms with Gasteiger partial charge in [0.05, 0.1) is 12.5 Å². The van der Waals surface area contributed by atoms with Crippen LogP contribution in [0.3, 0.4) is 0 Å². The molecule has 140 valence electrons. The van der Waals surface area contributed by atoms with Crippen LogP contribution in [0, 0.1) is 0 Å². The molecule has 0 spiro atoms. The van der Waals surface area contributed by atoms with E-state index in [4.69, 9.17) is 0 Å². The van der Waals surface area contributed by atoms with Gasteiger partial charge in [-0.05, 0) is 17.7 Å². The standard InChI is InChI=1S/C19H16N6O2S/c26-16(22-18-24-25-12-20-23-19(25)28-18)11-15(13-7-3-1-4-8-13)21-17(27)14-9-5-2-6-10-14/h1-10,12,15H,11H2,(H,21,27)(H,22,24,26)/t15-/m0/s1. The van der Waals surface area contributed by atoms with Crippen LogP contribution in [0.15, 0.2) is 67.0 Å². The predicted octanol–water partition coefficient (Wildman–Crippen LogP) is 2.69. The van der Waals surface area contributed by atoms with Crippen molar-refractivity contribution < 1.29 is 9.59 Å². The smallest absolute Gasteiger partial charge is 0.251 e. The lowest BCUT2D eigenvalue weighted by atomic mass is 10.0. The molecule has 4 aromatic rings. The summed E-state index contributed by atoms with van der Waals surface area (Å²) in [5, 5.41) is 17.9. The molecule has 4 rings (SSSR count). The first-order chi connectivity index (χ1) is 13.7. The number of nitrogens with zero attached hydrogens (tertiary/aromatic N) is 4. The van der Waals surface area contributed by atoms with Crippen LogP contribution in [0.4, 0.5) is 5.13 Å². The van der Waals surface area contributed by atoms with Crippen LogP contribution in [0.25, 0.3) is 4.96 Å². The lowest BCUT2D eigenvalue weighted by Gasteiger charge is -2.18. The summed E-state index contributed by atoms with van der Waals surface area (Å²) in [6.07, 6.45) is 1.54.